The molecule has 2 heterocycles. The Hall–Kier alpha value is -1.93. The number of nitrogens with two attached hydrogens (primary N) is 1. The van der Waals surface area contributed by atoms with Crippen molar-refractivity contribution in [2.75, 3.05) is 26.2 Å². The third-order valence-corrected chi connectivity index (χ3v) is 9.04. The van der Waals surface area contributed by atoms with Crippen LogP contribution in [0.4, 0.5) is 0 Å². The third kappa shape index (κ3) is 4.95. The van der Waals surface area contributed by atoms with Crippen LogP contribution in [0, 0.1) is 11.8 Å². The Morgan fingerprint density at radius 3 is 2.48 bits per heavy atom. The van der Waals surface area contributed by atoms with E-state index < -0.39 is 10.0 Å². The molecule has 1 aromatic carbocycles. The van der Waals surface area contributed by atoms with Gasteiger partial charge >= 0.3 is 0 Å². The van der Waals surface area contributed by atoms with E-state index in [0.717, 1.165) is 50.6 Å². The van der Waals surface area contributed by atoms with E-state index in [9.17, 15) is 18.0 Å². The molecule has 31 heavy (non-hydrogen) atoms. The lowest BCUT2D eigenvalue weighted by Gasteiger charge is -2.37. The molecule has 4 rings (SSSR count). The highest BCUT2D eigenvalue weighted by atomic mass is 32.2. The van der Waals surface area contributed by atoms with Crippen LogP contribution in [-0.4, -0.2) is 55.6 Å². The highest BCUT2D eigenvalue weighted by Gasteiger charge is 2.35. The van der Waals surface area contributed by atoms with Gasteiger partial charge in [0.25, 0.3) is 0 Å². The number of benzene rings is 1. The first kappa shape index (κ1) is 22.3. The van der Waals surface area contributed by atoms with Crippen LogP contribution >= 0.6 is 0 Å². The van der Waals surface area contributed by atoms with Gasteiger partial charge in [0.1, 0.15) is 0 Å². The van der Waals surface area contributed by atoms with Crippen molar-refractivity contribution < 1.29 is 18.0 Å². The van der Waals surface area contributed by atoms with Gasteiger partial charge in [-0.2, -0.15) is 4.31 Å². The molecule has 0 bridgehead atoms. The maximum atomic E-state index is 13.1. The van der Waals surface area contributed by atoms with E-state index >= 15 is 0 Å². The first-order valence-electron chi connectivity index (χ1n) is 11.5. The number of carbonyl (C=O) groups is 2. The molecule has 0 aromatic heterocycles. The third-order valence-electron chi connectivity index (χ3n) is 7.14. The second-order valence-electron chi connectivity index (χ2n) is 9.26. The number of sulfonamides is 1. The second kappa shape index (κ2) is 9.28. The van der Waals surface area contributed by atoms with E-state index in [1.165, 1.54) is 5.56 Å². The van der Waals surface area contributed by atoms with Crippen LogP contribution in [-0.2, 0) is 32.5 Å². The average molecular weight is 448 g/mol. The minimum atomic E-state index is -3.52. The lowest BCUT2D eigenvalue weighted by Crippen LogP contribution is -2.47. The summed E-state index contributed by atoms with van der Waals surface area (Å²) in [7, 11) is -3.52. The normalized spacial score (nSPS) is 23.0. The first-order valence-corrected chi connectivity index (χ1v) is 13.0. The number of hydrogen-bond acceptors (Lipinski definition) is 4. The minimum absolute atomic E-state index is 0.124. The molecule has 7 nitrogen and oxygen atoms in total. The molecule has 1 atom stereocenters. The largest absolute Gasteiger partial charge is 0.370 e. The van der Waals surface area contributed by atoms with Crippen molar-refractivity contribution in [1.82, 2.24) is 9.21 Å². The van der Waals surface area contributed by atoms with E-state index in [0.29, 0.717) is 49.7 Å². The minimum Gasteiger partial charge on any atom is -0.370 e. The molecule has 0 radical (unpaired) electrons. The molecule has 2 amide bonds. The van der Waals surface area contributed by atoms with Gasteiger partial charge in [0.2, 0.25) is 21.8 Å². The van der Waals surface area contributed by atoms with Crippen molar-refractivity contribution in [2.24, 2.45) is 17.6 Å². The van der Waals surface area contributed by atoms with Crippen LogP contribution in [0.1, 0.15) is 56.1 Å². The van der Waals surface area contributed by atoms with Gasteiger partial charge in [-0.1, -0.05) is 6.07 Å². The summed E-state index contributed by atoms with van der Waals surface area (Å²) < 4.78 is 27.8. The van der Waals surface area contributed by atoms with Crippen LogP contribution in [0.25, 0.3) is 0 Å². The Kier molecular flexibility index (Phi) is 6.67. The number of nitrogens with zero attached hydrogens (tertiary/aromatic N) is 2. The number of aryl methyl sites for hydroxylation is 2. The summed E-state index contributed by atoms with van der Waals surface area (Å²) >= 11 is 0. The standard InChI is InChI=1S/C23H33N3O4S/c24-22(27)9-6-17-3-2-12-25(16-17)23(28)19-10-13-26(14-11-19)31(29,30)21-8-7-18-4-1-5-20(18)15-21/h7-8,15,17,19H,1-6,9-14,16H2,(H2,24,27). The van der Waals surface area contributed by atoms with Crippen molar-refractivity contribution in [3.05, 3.63) is 29.3 Å². The van der Waals surface area contributed by atoms with Crippen molar-refractivity contribution in [2.45, 2.75) is 62.7 Å². The summed E-state index contributed by atoms with van der Waals surface area (Å²) in [6.07, 6.45) is 7.26. The molecule has 0 spiro atoms. The zero-order valence-corrected chi connectivity index (χ0v) is 18.9. The van der Waals surface area contributed by atoms with Gasteiger partial charge in [0, 0.05) is 38.5 Å². The van der Waals surface area contributed by atoms with E-state index in [2.05, 4.69) is 0 Å². The molecule has 3 aliphatic rings. The van der Waals surface area contributed by atoms with E-state index in [-0.39, 0.29) is 17.7 Å². The Balaban J connectivity index is 1.33. The van der Waals surface area contributed by atoms with E-state index in [1.807, 2.05) is 17.0 Å². The predicted molar refractivity (Wildman–Crippen MR) is 118 cm³/mol. The first-order chi connectivity index (χ1) is 14.8. The fraction of sp³-hybridized carbons (Fsp3) is 0.652. The van der Waals surface area contributed by atoms with Gasteiger partial charge in [-0.25, -0.2) is 8.42 Å². The van der Waals surface area contributed by atoms with Crippen LogP contribution in [0.5, 0.6) is 0 Å². The van der Waals surface area contributed by atoms with E-state index in [4.69, 9.17) is 5.73 Å². The van der Waals surface area contributed by atoms with Crippen LogP contribution in [0.15, 0.2) is 23.1 Å². The number of likely N-dealkylation sites (tertiary alicyclic amines) is 1. The molecule has 1 unspecified atom stereocenters. The molecule has 2 aliphatic heterocycles. The van der Waals surface area contributed by atoms with Gasteiger partial charge < -0.3 is 10.6 Å². The molecule has 2 saturated heterocycles. The number of fused-ring (bicyclic) bond motifs is 1. The van der Waals surface area contributed by atoms with Gasteiger partial charge in [-0.3, -0.25) is 9.59 Å². The molecule has 0 saturated carbocycles. The zero-order valence-electron chi connectivity index (χ0n) is 18.1. The Labute approximate surface area is 185 Å². The highest BCUT2D eigenvalue weighted by molar-refractivity contribution is 7.89. The number of primary amides is 1. The van der Waals surface area contributed by atoms with Gasteiger partial charge in [0.15, 0.2) is 0 Å². The molecular formula is C23H33N3O4S. The summed E-state index contributed by atoms with van der Waals surface area (Å²) in [4.78, 5) is 26.4. The predicted octanol–water partition coefficient (Wildman–Crippen LogP) is 2.08. The zero-order chi connectivity index (χ0) is 22.0. The SMILES string of the molecule is NC(=O)CCC1CCCN(C(=O)C2CCN(S(=O)(=O)c3ccc4c(c3)CCC4)CC2)C1. The number of rotatable bonds is 6. The van der Waals surface area contributed by atoms with Crippen molar-refractivity contribution >= 4 is 21.8 Å². The molecule has 2 fully saturated rings. The van der Waals surface area contributed by atoms with E-state index in [1.54, 1.807) is 10.4 Å². The van der Waals surface area contributed by atoms with Crippen LogP contribution in [0.3, 0.4) is 0 Å². The van der Waals surface area contributed by atoms with Crippen LogP contribution < -0.4 is 5.73 Å². The lowest BCUT2D eigenvalue weighted by atomic mass is 9.90. The van der Waals surface area contributed by atoms with Crippen LogP contribution in [0.2, 0.25) is 0 Å². The number of amides is 2. The quantitative estimate of drug-likeness (QED) is 0.721. The number of carbonyl (C=O) groups excluding carboxylic acids is 2. The molecule has 1 aliphatic carbocycles. The van der Waals surface area contributed by atoms with Gasteiger partial charge in [-0.05, 0) is 80.5 Å². The summed E-state index contributed by atoms with van der Waals surface area (Å²) in [5.41, 5.74) is 7.68. The summed E-state index contributed by atoms with van der Waals surface area (Å²) in [5.74, 6) is 0.0468. The van der Waals surface area contributed by atoms with Crippen molar-refractivity contribution in [1.29, 1.82) is 0 Å². The maximum Gasteiger partial charge on any atom is 0.243 e. The Morgan fingerprint density at radius 2 is 1.74 bits per heavy atom. The molecular weight excluding hydrogens is 414 g/mol. The monoisotopic (exact) mass is 447 g/mol. The molecule has 1 aromatic rings. The molecule has 8 heteroatoms. The summed E-state index contributed by atoms with van der Waals surface area (Å²) in [6.45, 7) is 2.20. The average Bonchev–Trinajstić information content (AvgIpc) is 3.25. The van der Waals surface area contributed by atoms with Gasteiger partial charge in [0.05, 0.1) is 4.90 Å². The van der Waals surface area contributed by atoms with Crippen molar-refractivity contribution in [3.8, 4) is 0 Å². The molecule has 170 valence electrons. The van der Waals surface area contributed by atoms with Crippen molar-refractivity contribution in [3.63, 3.8) is 0 Å². The Bertz CT molecular complexity index is 938. The fourth-order valence-corrected chi connectivity index (χ4v) is 6.83. The smallest absolute Gasteiger partial charge is 0.243 e. The number of piperidine rings is 2. The highest BCUT2D eigenvalue weighted by Crippen LogP contribution is 2.30. The topological polar surface area (TPSA) is 101 Å². The second-order valence-corrected chi connectivity index (χ2v) is 11.2. The maximum absolute atomic E-state index is 13.1. The lowest BCUT2D eigenvalue weighted by molar-refractivity contribution is -0.138. The number of hydrogen-bond donors (Lipinski definition) is 1. The fourth-order valence-electron chi connectivity index (χ4n) is 5.31. The summed E-state index contributed by atoms with van der Waals surface area (Å²) in [6, 6.07) is 5.53. The molecule has 2 N–H and O–H groups in total. The summed E-state index contributed by atoms with van der Waals surface area (Å²) in [5, 5.41) is 0. The van der Waals surface area contributed by atoms with Gasteiger partial charge in [-0.15, -0.1) is 0 Å². The Morgan fingerprint density at radius 1 is 1.00 bits per heavy atom.